The van der Waals surface area contributed by atoms with Gasteiger partial charge in [-0.2, -0.15) is 0 Å². The van der Waals surface area contributed by atoms with Gasteiger partial charge in [-0.1, -0.05) is 88.4 Å². The SMILES string of the molecule is CCN(CC)[C@@H](C)C(=O)O[C@@H](c1ccccc1)[C@@H](OC(=O)[C@H](C)N(CC)CC)c1ccccc1. The molecular formula is C28H40N2O4. The molecule has 0 aliphatic carbocycles. The molecule has 4 atom stereocenters. The van der Waals surface area contributed by atoms with Gasteiger partial charge in [-0.15, -0.1) is 0 Å². The molecule has 34 heavy (non-hydrogen) atoms. The van der Waals surface area contributed by atoms with Crippen molar-refractivity contribution in [3.05, 3.63) is 71.8 Å². The van der Waals surface area contributed by atoms with Crippen LogP contribution in [0.25, 0.3) is 0 Å². The molecule has 6 nitrogen and oxygen atoms in total. The maximum absolute atomic E-state index is 13.2. The molecule has 0 radical (unpaired) electrons. The molecule has 0 aliphatic rings. The first-order chi connectivity index (χ1) is 16.4. The Morgan fingerprint density at radius 3 is 1.18 bits per heavy atom. The number of rotatable bonds is 13. The van der Waals surface area contributed by atoms with E-state index < -0.39 is 24.3 Å². The van der Waals surface area contributed by atoms with Crippen molar-refractivity contribution in [1.82, 2.24) is 9.80 Å². The maximum Gasteiger partial charge on any atom is 0.323 e. The Hall–Kier alpha value is -2.70. The van der Waals surface area contributed by atoms with Gasteiger partial charge in [-0.3, -0.25) is 19.4 Å². The van der Waals surface area contributed by atoms with Crippen LogP contribution in [0, 0.1) is 0 Å². The van der Waals surface area contributed by atoms with E-state index in [0.29, 0.717) is 0 Å². The van der Waals surface area contributed by atoms with Gasteiger partial charge in [0.25, 0.3) is 0 Å². The molecule has 0 aromatic heterocycles. The van der Waals surface area contributed by atoms with Gasteiger partial charge in [0, 0.05) is 0 Å². The number of hydrogen-bond acceptors (Lipinski definition) is 6. The fourth-order valence-corrected chi connectivity index (χ4v) is 4.18. The Kier molecular flexibility index (Phi) is 11.2. The van der Waals surface area contributed by atoms with E-state index in [0.717, 1.165) is 37.3 Å². The van der Waals surface area contributed by atoms with Crippen LogP contribution in [0.3, 0.4) is 0 Å². The number of likely N-dealkylation sites (N-methyl/N-ethyl adjacent to an activating group) is 2. The minimum absolute atomic E-state index is 0.341. The summed E-state index contributed by atoms with van der Waals surface area (Å²) in [5, 5.41) is 0. The first kappa shape index (κ1) is 27.5. The predicted molar refractivity (Wildman–Crippen MR) is 135 cm³/mol. The highest BCUT2D eigenvalue weighted by Gasteiger charge is 2.35. The van der Waals surface area contributed by atoms with Crippen LogP contribution < -0.4 is 0 Å². The van der Waals surface area contributed by atoms with Gasteiger partial charge >= 0.3 is 11.9 Å². The molecule has 0 heterocycles. The zero-order valence-electron chi connectivity index (χ0n) is 21.4. The van der Waals surface area contributed by atoms with E-state index >= 15 is 0 Å². The molecule has 0 amide bonds. The van der Waals surface area contributed by atoms with Crippen LogP contribution in [-0.2, 0) is 19.1 Å². The summed E-state index contributed by atoms with van der Waals surface area (Å²) in [5.41, 5.74) is 1.56. The van der Waals surface area contributed by atoms with Crippen LogP contribution in [0.5, 0.6) is 0 Å². The van der Waals surface area contributed by atoms with E-state index in [9.17, 15) is 9.59 Å². The maximum atomic E-state index is 13.2. The van der Waals surface area contributed by atoms with Gasteiger partial charge in [-0.25, -0.2) is 0 Å². The van der Waals surface area contributed by atoms with E-state index in [1.807, 2.05) is 112 Å². The van der Waals surface area contributed by atoms with Crippen LogP contribution >= 0.6 is 0 Å². The summed E-state index contributed by atoms with van der Waals surface area (Å²) in [7, 11) is 0. The van der Waals surface area contributed by atoms with E-state index in [1.165, 1.54) is 0 Å². The fraction of sp³-hybridized carbons (Fsp3) is 0.500. The fourth-order valence-electron chi connectivity index (χ4n) is 4.18. The van der Waals surface area contributed by atoms with Crippen molar-refractivity contribution in [2.24, 2.45) is 0 Å². The number of esters is 2. The highest BCUT2D eigenvalue weighted by atomic mass is 16.6. The molecule has 0 saturated carbocycles. The highest BCUT2D eigenvalue weighted by Crippen LogP contribution is 2.36. The predicted octanol–water partition coefficient (Wildman–Crippen LogP) is 5.02. The molecule has 0 N–H and O–H groups in total. The van der Waals surface area contributed by atoms with Crippen LogP contribution in [0.15, 0.2) is 60.7 Å². The highest BCUT2D eigenvalue weighted by molar-refractivity contribution is 5.77. The van der Waals surface area contributed by atoms with Crippen LogP contribution in [0.1, 0.15) is 64.9 Å². The van der Waals surface area contributed by atoms with Gasteiger partial charge in [0.15, 0.2) is 12.2 Å². The topological polar surface area (TPSA) is 59.1 Å². The average molecular weight is 469 g/mol. The quantitative estimate of drug-likeness (QED) is 0.385. The minimum atomic E-state index is -0.776. The second-order valence-corrected chi connectivity index (χ2v) is 8.33. The van der Waals surface area contributed by atoms with E-state index in [-0.39, 0.29) is 11.9 Å². The zero-order valence-corrected chi connectivity index (χ0v) is 21.4. The molecule has 186 valence electrons. The van der Waals surface area contributed by atoms with E-state index in [4.69, 9.17) is 9.47 Å². The molecule has 2 aromatic carbocycles. The first-order valence-electron chi connectivity index (χ1n) is 12.4. The summed E-state index contributed by atoms with van der Waals surface area (Å²) < 4.78 is 12.2. The standard InChI is InChI=1S/C28H40N2O4/c1-7-29(8-2)21(5)27(31)33-25(23-17-13-11-14-18-23)26(24-19-15-12-16-20-24)34-28(32)22(6)30(9-3)10-4/h11-22,25-26H,7-10H2,1-6H3/t21-,22-,25-,26-/m0/s1. The lowest BCUT2D eigenvalue weighted by atomic mass is 9.97. The van der Waals surface area contributed by atoms with Crippen molar-refractivity contribution in [3.63, 3.8) is 0 Å². The van der Waals surface area contributed by atoms with Crippen molar-refractivity contribution in [1.29, 1.82) is 0 Å². The number of carbonyl (C=O) groups is 2. The van der Waals surface area contributed by atoms with Crippen LogP contribution in [0.4, 0.5) is 0 Å². The molecular weight excluding hydrogens is 428 g/mol. The zero-order chi connectivity index (χ0) is 25.1. The number of ether oxygens (including phenoxy) is 2. The smallest absolute Gasteiger partial charge is 0.323 e. The number of nitrogens with zero attached hydrogens (tertiary/aromatic N) is 2. The van der Waals surface area contributed by atoms with Gasteiger partial charge in [0.1, 0.15) is 12.1 Å². The normalized spacial score (nSPS) is 14.9. The summed E-state index contributed by atoms with van der Waals surface area (Å²) in [6.07, 6.45) is -1.55. The molecule has 0 saturated heterocycles. The third-order valence-corrected chi connectivity index (χ3v) is 6.42. The Balaban J connectivity index is 2.45. The van der Waals surface area contributed by atoms with Crippen LogP contribution in [-0.4, -0.2) is 60.0 Å². The summed E-state index contributed by atoms with van der Waals surface area (Å²) >= 11 is 0. The molecule has 0 bridgehead atoms. The molecule has 0 unspecified atom stereocenters. The van der Waals surface area contributed by atoms with Crippen molar-refractivity contribution in [2.75, 3.05) is 26.2 Å². The summed E-state index contributed by atoms with van der Waals surface area (Å²) in [6.45, 7) is 14.7. The van der Waals surface area contributed by atoms with E-state index in [1.54, 1.807) is 0 Å². The molecule has 6 heteroatoms. The molecule has 2 aromatic rings. The second kappa shape index (κ2) is 13.9. The molecule has 2 rings (SSSR count). The Bertz CT molecular complexity index is 793. The summed E-state index contributed by atoms with van der Waals surface area (Å²) in [4.78, 5) is 30.5. The average Bonchev–Trinajstić information content (AvgIpc) is 2.88. The third kappa shape index (κ3) is 7.15. The summed E-state index contributed by atoms with van der Waals surface area (Å²) in [6, 6.07) is 18.2. The largest absolute Gasteiger partial charge is 0.452 e. The van der Waals surface area contributed by atoms with Crippen molar-refractivity contribution in [3.8, 4) is 0 Å². The van der Waals surface area contributed by atoms with Gasteiger partial charge in [0.05, 0.1) is 0 Å². The Labute approximate surface area is 204 Å². The number of benzene rings is 2. The lowest BCUT2D eigenvalue weighted by molar-refractivity contribution is -0.175. The van der Waals surface area contributed by atoms with Gasteiger partial charge in [-0.05, 0) is 51.2 Å². The monoisotopic (exact) mass is 468 g/mol. The Morgan fingerprint density at radius 2 is 0.912 bits per heavy atom. The number of carbonyl (C=O) groups excluding carboxylic acids is 2. The molecule has 0 fully saturated rings. The lowest BCUT2D eigenvalue weighted by Gasteiger charge is -2.32. The van der Waals surface area contributed by atoms with Crippen LogP contribution in [0.2, 0.25) is 0 Å². The Morgan fingerprint density at radius 1 is 0.618 bits per heavy atom. The lowest BCUT2D eigenvalue weighted by Crippen LogP contribution is -2.42. The molecule has 0 spiro atoms. The minimum Gasteiger partial charge on any atom is -0.452 e. The van der Waals surface area contributed by atoms with Crippen molar-refractivity contribution in [2.45, 2.75) is 65.8 Å². The second-order valence-electron chi connectivity index (χ2n) is 8.33. The van der Waals surface area contributed by atoms with Gasteiger partial charge in [0.2, 0.25) is 0 Å². The van der Waals surface area contributed by atoms with Gasteiger partial charge < -0.3 is 9.47 Å². The van der Waals surface area contributed by atoms with Crippen molar-refractivity contribution >= 4 is 11.9 Å². The van der Waals surface area contributed by atoms with E-state index in [2.05, 4.69) is 0 Å². The molecule has 0 aliphatic heterocycles. The number of hydrogen-bond donors (Lipinski definition) is 0. The third-order valence-electron chi connectivity index (χ3n) is 6.42. The summed E-state index contributed by atoms with van der Waals surface area (Å²) in [5.74, 6) is -0.683. The first-order valence-corrected chi connectivity index (χ1v) is 12.4. The van der Waals surface area contributed by atoms with Crippen molar-refractivity contribution < 1.29 is 19.1 Å².